The first kappa shape index (κ1) is 18.2. The third kappa shape index (κ3) is 3.74. The summed E-state index contributed by atoms with van der Waals surface area (Å²) < 4.78 is 24.4. The lowest BCUT2D eigenvalue weighted by Crippen LogP contribution is -2.27. The van der Waals surface area contributed by atoms with E-state index in [1.807, 2.05) is 31.2 Å². The summed E-state index contributed by atoms with van der Waals surface area (Å²) >= 11 is 0. The van der Waals surface area contributed by atoms with Crippen molar-refractivity contribution in [1.29, 1.82) is 0 Å². The van der Waals surface area contributed by atoms with Crippen molar-refractivity contribution < 1.29 is 18.4 Å². The van der Waals surface area contributed by atoms with Gasteiger partial charge in [0.05, 0.1) is 6.61 Å². The van der Waals surface area contributed by atoms with Crippen LogP contribution >= 0.6 is 0 Å². The van der Waals surface area contributed by atoms with Crippen LogP contribution in [0.4, 0.5) is 4.39 Å². The van der Waals surface area contributed by atoms with Gasteiger partial charge in [0.25, 0.3) is 0 Å². The number of likely N-dealkylation sites (tertiary alicyclic amines) is 1. The average molecular weight is 381 g/mol. The quantitative estimate of drug-likeness (QED) is 0.642. The van der Waals surface area contributed by atoms with Gasteiger partial charge in [-0.3, -0.25) is 4.79 Å². The van der Waals surface area contributed by atoms with E-state index in [-0.39, 0.29) is 17.8 Å². The molecular weight excluding hydrogens is 361 g/mol. The highest BCUT2D eigenvalue weighted by atomic mass is 19.1. The predicted molar refractivity (Wildman–Crippen MR) is 99.8 cm³/mol. The molecule has 2 heterocycles. The maximum Gasteiger partial charge on any atom is 0.249 e. The van der Waals surface area contributed by atoms with E-state index in [9.17, 15) is 9.18 Å². The molecule has 7 heteroatoms. The lowest BCUT2D eigenvalue weighted by atomic mass is 10.1. The van der Waals surface area contributed by atoms with Crippen molar-refractivity contribution in [3.05, 3.63) is 65.8 Å². The molecular formula is C21H20FN3O3. The molecule has 1 aliphatic heterocycles. The molecule has 1 saturated heterocycles. The number of halogens is 1. The van der Waals surface area contributed by atoms with Crippen molar-refractivity contribution in [2.45, 2.75) is 32.4 Å². The summed E-state index contributed by atoms with van der Waals surface area (Å²) in [6.07, 6.45) is 1.000. The summed E-state index contributed by atoms with van der Waals surface area (Å²) in [7, 11) is 0. The Morgan fingerprint density at radius 2 is 2.07 bits per heavy atom. The number of rotatable bonds is 6. The van der Waals surface area contributed by atoms with E-state index in [0.717, 1.165) is 16.9 Å². The SMILES string of the molecule is CCOc1ccc(-c2noc(C3CCC(=O)N3Cc3cccc(F)c3)n2)cc1. The Morgan fingerprint density at radius 3 is 2.82 bits per heavy atom. The van der Waals surface area contributed by atoms with Crippen LogP contribution in [-0.2, 0) is 11.3 Å². The van der Waals surface area contributed by atoms with E-state index in [2.05, 4.69) is 10.1 Å². The second kappa shape index (κ2) is 7.80. The third-order valence-corrected chi connectivity index (χ3v) is 4.72. The molecule has 1 fully saturated rings. The summed E-state index contributed by atoms with van der Waals surface area (Å²) in [5.74, 6) is 1.30. The van der Waals surface area contributed by atoms with Crippen LogP contribution in [0.25, 0.3) is 11.4 Å². The Hall–Kier alpha value is -3.22. The number of hydrogen-bond donors (Lipinski definition) is 0. The van der Waals surface area contributed by atoms with E-state index >= 15 is 0 Å². The van der Waals surface area contributed by atoms with Crippen LogP contribution in [0.2, 0.25) is 0 Å². The second-order valence-corrected chi connectivity index (χ2v) is 6.62. The van der Waals surface area contributed by atoms with Gasteiger partial charge in [0.1, 0.15) is 17.6 Å². The minimum absolute atomic E-state index is 0.00456. The number of benzene rings is 2. The first-order chi connectivity index (χ1) is 13.6. The molecule has 0 bridgehead atoms. The summed E-state index contributed by atoms with van der Waals surface area (Å²) in [6.45, 7) is 2.84. The lowest BCUT2D eigenvalue weighted by molar-refractivity contribution is -0.130. The Bertz CT molecular complexity index is 971. The van der Waals surface area contributed by atoms with Crippen LogP contribution < -0.4 is 4.74 Å². The van der Waals surface area contributed by atoms with Gasteiger partial charge < -0.3 is 14.2 Å². The van der Waals surface area contributed by atoms with Crippen LogP contribution in [0.15, 0.2) is 53.1 Å². The highest BCUT2D eigenvalue weighted by Gasteiger charge is 2.36. The van der Waals surface area contributed by atoms with Gasteiger partial charge in [-0.1, -0.05) is 17.3 Å². The molecule has 2 aromatic carbocycles. The Labute approximate surface area is 161 Å². The number of ether oxygens (including phenoxy) is 1. The van der Waals surface area contributed by atoms with Gasteiger partial charge in [-0.25, -0.2) is 4.39 Å². The van der Waals surface area contributed by atoms with Gasteiger partial charge in [-0.05, 0) is 55.3 Å². The molecule has 4 rings (SSSR count). The summed E-state index contributed by atoms with van der Waals surface area (Å²) in [6, 6.07) is 13.4. The smallest absolute Gasteiger partial charge is 0.249 e. The second-order valence-electron chi connectivity index (χ2n) is 6.62. The van der Waals surface area contributed by atoms with Crippen LogP contribution in [0.3, 0.4) is 0 Å². The molecule has 0 radical (unpaired) electrons. The maximum absolute atomic E-state index is 13.5. The molecule has 6 nitrogen and oxygen atoms in total. The van der Waals surface area contributed by atoms with E-state index in [4.69, 9.17) is 9.26 Å². The number of carbonyl (C=O) groups excluding carboxylic acids is 1. The van der Waals surface area contributed by atoms with E-state index in [1.54, 1.807) is 17.0 Å². The molecule has 1 aliphatic rings. The zero-order valence-electron chi connectivity index (χ0n) is 15.5. The number of nitrogens with zero attached hydrogens (tertiary/aromatic N) is 3. The molecule has 0 N–H and O–H groups in total. The molecule has 0 spiro atoms. The van der Waals surface area contributed by atoms with E-state index in [0.29, 0.717) is 37.7 Å². The summed E-state index contributed by atoms with van der Waals surface area (Å²) in [5.41, 5.74) is 1.53. The standard InChI is InChI=1S/C21H20FN3O3/c1-2-27-17-8-6-15(7-9-17)20-23-21(28-24-20)18-10-11-19(26)25(18)13-14-4-3-5-16(22)12-14/h3-9,12,18H,2,10-11,13H2,1H3. The van der Waals surface area contributed by atoms with Crippen molar-refractivity contribution in [2.24, 2.45) is 0 Å². The first-order valence-corrected chi connectivity index (χ1v) is 9.25. The Balaban J connectivity index is 1.54. The monoisotopic (exact) mass is 381 g/mol. The van der Waals surface area contributed by atoms with Crippen LogP contribution in [-0.4, -0.2) is 27.6 Å². The predicted octanol–water partition coefficient (Wildman–Crippen LogP) is 4.14. The van der Waals surface area contributed by atoms with Crippen molar-refractivity contribution in [3.8, 4) is 17.1 Å². The fraction of sp³-hybridized carbons (Fsp3) is 0.286. The normalized spacial score (nSPS) is 16.6. The molecule has 1 aromatic heterocycles. The minimum atomic E-state index is -0.323. The largest absolute Gasteiger partial charge is 0.494 e. The van der Waals surface area contributed by atoms with Gasteiger partial charge in [0.2, 0.25) is 17.6 Å². The first-order valence-electron chi connectivity index (χ1n) is 9.25. The minimum Gasteiger partial charge on any atom is -0.494 e. The van der Waals surface area contributed by atoms with Crippen molar-refractivity contribution in [1.82, 2.24) is 15.0 Å². The number of hydrogen-bond acceptors (Lipinski definition) is 5. The van der Waals surface area contributed by atoms with E-state index in [1.165, 1.54) is 12.1 Å². The van der Waals surface area contributed by atoms with Gasteiger partial charge in [-0.15, -0.1) is 0 Å². The fourth-order valence-electron chi connectivity index (χ4n) is 3.38. The number of aromatic nitrogens is 2. The zero-order chi connectivity index (χ0) is 19.5. The number of carbonyl (C=O) groups is 1. The fourth-order valence-corrected chi connectivity index (χ4v) is 3.38. The molecule has 28 heavy (non-hydrogen) atoms. The molecule has 1 amide bonds. The van der Waals surface area contributed by atoms with Crippen molar-refractivity contribution in [3.63, 3.8) is 0 Å². The van der Waals surface area contributed by atoms with Gasteiger partial charge in [0.15, 0.2) is 0 Å². The highest BCUT2D eigenvalue weighted by molar-refractivity contribution is 5.78. The van der Waals surface area contributed by atoms with Crippen LogP contribution in [0, 0.1) is 5.82 Å². The molecule has 1 unspecified atom stereocenters. The highest BCUT2D eigenvalue weighted by Crippen LogP contribution is 2.34. The molecule has 3 aromatic rings. The van der Waals surface area contributed by atoms with Gasteiger partial charge in [0, 0.05) is 18.5 Å². The molecule has 1 atom stereocenters. The maximum atomic E-state index is 13.5. The summed E-state index contributed by atoms with van der Waals surface area (Å²) in [4.78, 5) is 18.5. The summed E-state index contributed by atoms with van der Waals surface area (Å²) in [5, 5.41) is 4.06. The third-order valence-electron chi connectivity index (χ3n) is 4.72. The lowest BCUT2D eigenvalue weighted by Gasteiger charge is -2.22. The van der Waals surface area contributed by atoms with Gasteiger partial charge in [-0.2, -0.15) is 4.98 Å². The van der Waals surface area contributed by atoms with E-state index < -0.39 is 0 Å². The van der Waals surface area contributed by atoms with Crippen LogP contribution in [0.5, 0.6) is 5.75 Å². The topological polar surface area (TPSA) is 68.5 Å². The van der Waals surface area contributed by atoms with Crippen LogP contribution in [0.1, 0.15) is 37.3 Å². The Morgan fingerprint density at radius 1 is 1.25 bits per heavy atom. The molecule has 0 saturated carbocycles. The molecule has 0 aliphatic carbocycles. The van der Waals surface area contributed by atoms with Gasteiger partial charge >= 0.3 is 0 Å². The molecule has 144 valence electrons. The average Bonchev–Trinajstić information content (AvgIpc) is 3.30. The van der Waals surface area contributed by atoms with Crippen molar-refractivity contribution in [2.75, 3.05) is 6.61 Å². The van der Waals surface area contributed by atoms with Crippen molar-refractivity contribution >= 4 is 5.91 Å². The zero-order valence-corrected chi connectivity index (χ0v) is 15.5. The number of amides is 1. The Kier molecular flexibility index (Phi) is 5.06.